The highest BCUT2D eigenvalue weighted by molar-refractivity contribution is 5.92. The van der Waals surface area contributed by atoms with Gasteiger partial charge in [0.05, 0.1) is 6.10 Å². The number of carbonyl (C=O) groups excluding carboxylic acids is 1. The predicted octanol–water partition coefficient (Wildman–Crippen LogP) is 1.69. The first kappa shape index (κ1) is 14.3. The lowest BCUT2D eigenvalue weighted by Gasteiger charge is -2.26. The van der Waals surface area contributed by atoms with Crippen molar-refractivity contribution in [3.8, 4) is 0 Å². The SMILES string of the molecule is O=C(c1cc(NCC2CCCO2)ncn1)N1CCCCC1. The fourth-order valence-electron chi connectivity index (χ4n) is 2.85. The van der Waals surface area contributed by atoms with E-state index in [2.05, 4.69) is 15.3 Å². The highest BCUT2D eigenvalue weighted by atomic mass is 16.5. The Bertz CT molecular complexity index is 482. The van der Waals surface area contributed by atoms with Crippen LogP contribution in [0.3, 0.4) is 0 Å². The molecule has 3 heterocycles. The zero-order chi connectivity index (χ0) is 14.5. The Hall–Kier alpha value is -1.69. The van der Waals surface area contributed by atoms with Gasteiger partial charge >= 0.3 is 0 Å². The lowest BCUT2D eigenvalue weighted by atomic mass is 10.1. The van der Waals surface area contributed by atoms with E-state index in [0.29, 0.717) is 11.5 Å². The van der Waals surface area contributed by atoms with E-state index < -0.39 is 0 Å². The van der Waals surface area contributed by atoms with E-state index in [9.17, 15) is 4.79 Å². The predicted molar refractivity (Wildman–Crippen MR) is 79.3 cm³/mol. The van der Waals surface area contributed by atoms with Gasteiger partial charge in [0.25, 0.3) is 5.91 Å². The van der Waals surface area contributed by atoms with Crippen LogP contribution >= 0.6 is 0 Å². The Morgan fingerprint density at radius 3 is 2.90 bits per heavy atom. The number of nitrogens with one attached hydrogen (secondary N) is 1. The lowest BCUT2D eigenvalue weighted by Crippen LogP contribution is -2.36. The number of likely N-dealkylation sites (tertiary alicyclic amines) is 1. The molecule has 0 saturated carbocycles. The monoisotopic (exact) mass is 290 g/mol. The van der Waals surface area contributed by atoms with E-state index in [0.717, 1.165) is 51.9 Å². The van der Waals surface area contributed by atoms with E-state index >= 15 is 0 Å². The number of carbonyl (C=O) groups is 1. The molecule has 2 fully saturated rings. The van der Waals surface area contributed by atoms with Crippen LogP contribution in [0.2, 0.25) is 0 Å². The number of anilines is 1. The molecule has 1 atom stereocenters. The zero-order valence-corrected chi connectivity index (χ0v) is 12.3. The molecule has 1 amide bonds. The average Bonchev–Trinajstić information content (AvgIpc) is 3.07. The molecule has 1 aromatic heterocycles. The minimum Gasteiger partial charge on any atom is -0.376 e. The maximum atomic E-state index is 12.4. The van der Waals surface area contributed by atoms with E-state index in [1.165, 1.54) is 12.7 Å². The van der Waals surface area contributed by atoms with Gasteiger partial charge in [-0.15, -0.1) is 0 Å². The molecule has 2 aliphatic heterocycles. The molecule has 1 unspecified atom stereocenters. The third kappa shape index (κ3) is 3.69. The first-order valence-electron chi connectivity index (χ1n) is 7.80. The van der Waals surface area contributed by atoms with Crippen molar-refractivity contribution in [1.82, 2.24) is 14.9 Å². The Kier molecular flexibility index (Phi) is 4.65. The molecule has 1 N–H and O–H groups in total. The number of amides is 1. The smallest absolute Gasteiger partial charge is 0.272 e. The summed E-state index contributed by atoms with van der Waals surface area (Å²) in [6.07, 6.45) is 7.28. The van der Waals surface area contributed by atoms with Crippen molar-refractivity contribution in [2.24, 2.45) is 0 Å². The second kappa shape index (κ2) is 6.85. The topological polar surface area (TPSA) is 67.3 Å². The molecule has 0 aliphatic carbocycles. The van der Waals surface area contributed by atoms with Crippen molar-refractivity contribution in [3.05, 3.63) is 18.1 Å². The van der Waals surface area contributed by atoms with Gasteiger partial charge in [-0.2, -0.15) is 0 Å². The van der Waals surface area contributed by atoms with Crippen molar-refractivity contribution < 1.29 is 9.53 Å². The van der Waals surface area contributed by atoms with Crippen molar-refractivity contribution in [2.75, 3.05) is 31.6 Å². The molecule has 21 heavy (non-hydrogen) atoms. The third-order valence-corrected chi connectivity index (χ3v) is 4.06. The molecule has 0 spiro atoms. The first-order chi connectivity index (χ1) is 10.3. The van der Waals surface area contributed by atoms with Crippen molar-refractivity contribution in [2.45, 2.75) is 38.2 Å². The zero-order valence-electron chi connectivity index (χ0n) is 12.3. The van der Waals surface area contributed by atoms with Crippen LogP contribution in [0, 0.1) is 0 Å². The van der Waals surface area contributed by atoms with Gasteiger partial charge in [0.1, 0.15) is 17.8 Å². The molecular formula is C15H22N4O2. The summed E-state index contributed by atoms with van der Waals surface area (Å²) in [4.78, 5) is 22.6. The number of piperidine rings is 1. The van der Waals surface area contributed by atoms with Crippen molar-refractivity contribution in [3.63, 3.8) is 0 Å². The number of hydrogen-bond donors (Lipinski definition) is 1. The summed E-state index contributed by atoms with van der Waals surface area (Å²) in [7, 11) is 0. The molecule has 3 rings (SSSR count). The van der Waals surface area contributed by atoms with Gasteiger partial charge in [-0.25, -0.2) is 9.97 Å². The Balaban J connectivity index is 1.60. The standard InChI is InChI=1S/C15H22N4O2/c20-15(19-6-2-1-3-7-19)13-9-14(18-11-17-13)16-10-12-5-4-8-21-12/h9,11-12H,1-8,10H2,(H,16,17,18). The molecule has 6 nitrogen and oxygen atoms in total. The molecular weight excluding hydrogens is 268 g/mol. The molecule has 0 radical (unpaired) electrons. The average molecular weight is 290 g/mol. The summed E-state index contributed by atoms with van der Waals surface area (Å²) in [5.41, 5.74) is 0.474. The molecule has 2 saturated heterocycles. The number of aromatic nitrogens is 2. The fraction of sp³-hybridized carbons (Fsp3) is 0.667. The summed E-state index contributed by atoms with van der Waals surface area (Å²) in [5.74, 6) is 0.707. The molecule has 6 heteroatoms. The summed E-state index contributed by atoms with van der Waals surface area (Å²) >= 11 is 0. The normalized spacial score (nSPS) is 22.3. The second-order valence-electron chi connectivity index (χ2n) is 5.66. The quantitative estimate of drug-likeness (QED) is 0.914. The van der Waals surface area contributed by atoms with Gasteiger partial charge in [-0.3, -0.25) is 4.79 Å². The molecule has 114 valence electrons. The number of nitrogens with zero attached hydrogens (tertiary/aromatic N) is 3. The van der Waals surface area contributed by atoms with Gasteiger partial charge in [0.15, 0.2) is 0 Å². The van der Waals surface area contributed by atoms with E-state index in [1.807, 2.05) is 4.90 Å². The minimum atomic E-state index is 0.0114. The Labute approximate surface area is 124 Å². The summed E-state index contributed by atoms with van der Waals surface area (Å²) in [6, 6.07) is 1.74. The maximum absolute atomic E-state index is 12.4. The lowest BCUT2D eigenvalue weighted by molar-refractivity contribution is 0.0718. The van der Waals surface area contributed by atoms with E-state index in [-0.39, 0.29) is 12.0 Å². The van der Waals surface area contributed by atoms with Gasteiger partial charge in [0.2, 0.25) is 0 Å². The number of ether oxygens (including phenoxy) is 1. The maximum Gasteiger partial charge on any atom is 0.272 e. The van der Waals surface area contributed by atoms with E-state index in [1.54, 1.807) is 6.07 Å². The van der Waals surface area contributed by atoms with Gasteiger partial charge in [-0.05, 0) is 32.1 Å². The fourth-order valence-corrected chi connectivity index (χ4v) is 2.85. The van der Waals surface area contributed by atoms with Crippen LogP contribution < -0.4 is 5.32 Å². The van der Waals surface area contributed by atoms with Crippen molar-refractivity contribution >= 4 is 11.7 Å². The molecule has 0 aromatic carbocycles. The number of hydrogen-bond acceptors (Lipinski definition) is 5. The van der Waals surface area contributed by atoms with Crippen LogP contribution in [0.15, 0.2) is 12.4 Å². The highest BCUT2D eigenvalue weighted by Gasteiger charge is 2.20. The van der Waals surface area contributed by atoms with E-state index in [4.69, 9.17) is 4.74 Å². The second-order valence-corrected chi connectivity index (χ2v) is 5.66. The first-order valence-corrected chi connectivity index (χ1v) is 7.80. The largest absolute Gasteiger partial charge is 0.376 e. The van der Waals surface area contributed by atoms with Crippen LogP contribution in [-0.4, -0.2) is 53.1 Å². The summed E-state index contributed by atoms with van der Waals surface area (Å²) in [5, 5.41) is 3.24. The minimum absolute atomic E-state index is 0.0114. The van der Waals surface area contributed by atoms with Gasteiger partial charge < -0.3 is 15.0 Å². The van der Waals surface area contributed by atoms with Crippen LogP contribution in [0.5, 0.6) is 0 Å². The van der Waals surface area contributed by atoms with Gasteiger partial charge in [-0.1, -0.05) is 0 Å². The van der Waals surface area contributed by atoms with Crippen LogP contribution in [0.1, 0.15) is 42.6 Å². The summed E-state index contributed by atoms with van der Waals surface area (Å²) < 4.78 is 5.57. The number of rotatable bonds is 4. The van der Waals surface area contributed by atoms with Crippen molar-refractivity contribution in [1.29, 1.82) is 0 Å². The molecule has 2 aliphatic rings. The van der Waals surface area contributed by atoms with Gasteiger partial charge in [0, 0.05) is 32.3 Å². The highest BCUT2D eigenvalue weighted by Crippen LogP contribution is 2.15. The Morgan fingerprint density at radius 1 is 1.29 bits per heavy atom. The van der Waals surface area contributed by atoms with Crippen LogP contribution in [0.25, 0.3) is 0 Å². The van der Waals surface area contributed by atoms with Crippen LogP contribution in [-0.2, 0) is 4.74 Å². The Morgan fingerprint density at radius 2 is 2.14 bits per heavy atom. The molecule has 0 bridgehead atoms. The molecule has 1 aromatic rings. The van der Waals surface area contributed by atoms with Crippen LogP contribution in [0.4, 0.5) is 5.82 Å². The summed E-state index contributed by atoms with van der Waals surface area (Å²) in [6.45, 7) is 3.24. The third-order valence-electron chi connectivity index (χ3n) is 4.06.